The van der Waals surface area contributed by atoms with E-state index in [4.69, 9.17) is 4.74 Å². The molecule has 1 heterocycles. The number of rotatable bonds is 4. The Morgan fingerprint density at radius 1 is 1.56 bits per heavy atom. The standard InChI is InChI=1S/C13H15FNO/c1-2-10(7-11-8-16-9-15-11)12-5-3-4-6-13(12)14/h3-6,10-11H,2,7-8H2,1H3. The highest BCUT2D eigenvalue weighted by Gasteiger charge is 2.21. The van der Waals surface area contributed by atoms with E-state index in [0.29, 0.717) is 6.61 Å². The molecule has 3 heteroatoms. The van der Waals surface area contributed by atoms with Crippen LogP contribution in [-0.2, 0) is 4.74 Å². The zero-order valence-electron chi connectivity index (χ0n) is 9.32. The summed E-state index contributed by atoms with van der Waals surface area (Å²) in [6.07, 6.45) is 4.23. The zero-order chi connectivity index (χ0) is 11.4. The third kappa shape index (κ3) is 2.40. The topological polar surface area (TPSA) is 21.6 Å². The minimum absolute atomic E-state index is 0.124. The van der Waals surface area contributed by atoms with E-state index in [1.807, 2.05) is 12.1 Å². The predicted molar refractivity (Wildman–Crippen MR) is 61.2 cm³/mol. The van der Waals surface area contributed by atoms with Crippen LogP contribution in [-0.4, -0.2) is 19.0 Å². The van der Waals surface area contributed by atoms with Crippen LogP contribution in [0.25, 0.3) is 0 Å². The smallest absolute Gasteiger partial charge is 0.273 e. The van der Waals surface area contributed by atoms with Crippen molar-refractivity contribution in [1.82, 2.24) is 0 Å². The number of hydrogen-bond donors (Lipinski definition) is 0. The molecule has 0 spiro atoms. The van der Waals surface area contributed by atoms with Gasteiger partial charge < -0.3 is 4.74 Å². The van der Waals surface area contributed by atoms with Crippen LogP contribution in [0, 0.1) is 5.82 Å². The van der Waals surface area contributed by atoms with Gasteiger partial charge in [-0.15, -0.1) is 0 Å². The fraction of sp³-hybridized carbons (Fsp3) is 0.462. The van der Waals surface area contributed by atoms with Crippen molar-refractivity contribution in [2.24, 2.45) is 4.99 Å². The molecule has 0 N–H and O–H groups in total. The molecular weight excluding hydrogens is 205 g/mol. The lowest BCUT2D eigenvalue weighted by molar-refractivity contribution is 0.313. The number of benzene rings is 1. The maximum Gasteiger partial charge on any atom is 0.273 e. The summed E-state index contributed by atoms with van der Waals surface area (Å²) in [4.78, 5) is 4.08. The third-order valence-corrected chi connectivity index (χ3v) is 2.97. The van der Waals surface area contributed by atoms with Gasteiger partial charge in [-0.3, -0.25) is 0 Å². The second-order valence-electron chi connectivity index (χ2n) is 4.05. The molecule has 0 amide bonds. The summed E-state index contributed by atoms with van der Waals surface area (Å²) >= 11 is 0. The summed E-state index contributed by atoms with van der Waals surface area (Å²) in [5, 5.41) is 0. The summed E-state index contributed by atoms with van der Waals surface area (Å²) in [6, 6.07) is 7.09. The molecule has 2 atom stereocenters. The van der Waals surface area contributed by atoms with Crippen molar-refractivity contribution in [3.05, 3.63) is 35.6 Å². The highest BCUT2D eigenvalue weighted by molar-refractivity contribution is 5.49. The first-order chi connectivity index (χ1) is 7.81. The highest BCUT2D eigenvalue weighted by Crippen LogP contribution is 2.28. The maximum absolute atomic E-state index is 13.6. The summed E-state index contributed by atoms with van der Waals surface area (Å²) < 4.78 is 18.6. The molecule has 0 aromatic heterocycles. The molecule has 1 aromatic rings. The molecule has 0 aliphatic carbocycles. The van der Waals surface area contributed by atoms with E-state index in [1.54, 1.807) is 6.07 Å². The molecule has 2 nitrogen and oxygen atoms in total. The number of halogens is 1. The van der Waals surface area contributed by atoms with E-state index >= 15 is 0 Å². The molecule has 1 aliphatic heterocycles. The average molecular weight is 220 g/mol. The minimum Gasteiger partial charge on any atom is -0.472 e. The Bertz CT molecular complexity index is 378. The lowest BCUT2D eigenvalue weighted by Gasteiger charge is -2.17. The van der Waals surface area contributed by atoms with Crippen LogP contribution in [0.2, 0.25) is 0 Å². The molecule has 2 rings (SSSR count). The molecule has 0 saturated carbocycles. The van der Waals surface area contributed by atoms with Crippen molar-refractivity contribution in [2.75, 3.05) is 6.61 Å². The SMILES string of the molecule is CCC(CC1CO[C]=N1)c1ccccc1F. The Balaban J connectivity index is 2.10. The van der Waals surface area contributed by atoms with Gasteiger partial charge in [0.15, 0.2) is 0 Å². The van der Waals surface area contributed by atoms with E-state index in [0.717, 1.165) is 18.4 Å². The second-order valence-corrected chi connectivity index (χ2v) is 4.05. The molecule has 2 unspecified atom stereocenters. The largest absolute Gasteiger partial charge is 0.472 e. The third-order valence-electron chi connectivity index (χ3n) is 2.97. The van der Waals surface area contributed by atoms with Gasteiger partial charge in [-0.05, 0) is 30.4 Å². The first-order valence-corrected chi connectivity index (χ1v) is 5.62. The molecule has 0 fully saturated rings. The van der Waals surface area contributed by atoms with Crippen molar-refractivity contribution in [1.29, 1.82) is 0 Å². The molecule has 1 aromatic carbocycles. The van der Waals surface area contributed by atoms with Gasteiger partial charge in [-0.2, -0.15) is 0 Å². The van der Waals surface area contributed by atoms with Gasteiger partial charge in [0.25, 0.3) is 6.40 Å². The fourth-order valence-electron chi connectivity index (χ4n) is 2.05. The number of aliphatic imine (C=N–C) groups is 1. The van der Waals surface area contributed by atoms with Crippen molar-refractivity contribution in [3.63, 3.8) is 0 Å². The monoisotopic (exact) mass is 220 g/mol. The molecule has 16 heavy (non-hydrogen) atoms. The fourth-order valence-corrected chi connectivity index (χ4v) is 2.05. The molecule has 1 radical (unpaired) electrons. The molecular formula is C13H15FNO. The van der Waals surface area contributed by atoms with Crippen molar-refractivity contribution >= 4 is 6.40 Å². The first-order valence-electron chi connectivity index (χ1n) is 5.62. The van der Waals surface area contributed by atoms with Crippen LogP contribution < -0.4 is 0 Å². The Morgan fingerprint density at radius 2 is 2.38 bits per heavy atom. The van der Waals surface area contributed by atoms with Gasteiger partial charge in [0.05, 0.1) is 6.04 Å². The van der Waals surface area contributed by atoms with E-state index in [-0.39, 0.29) is 17.8 Å². The Hall–Kier alpha value is -1.38. The van der Waals surface area contributed by atoms with E-state index in [9.17, 15) is 4.39 Å². The minimum atomic E-state index is -0.124. The van der Waals surface area contributed by atoms with Gasteiger partial charge in [0.2, 0.25) is 0 Å². The first kappa shape index (κ1) is 11.1. The number of ether oxygens (including phenoxy) is 1. The average Bonchev–Trinajstić information content (AvgIpc) is 2.80. The van der Waals surface area contributed by atoms with Crippen molar-refractivity contribution < 1.29 is 9.13 Å². The van der Waals surface area contributed by atoms with E-state index < -0.39 is 0 Å². The van der Waals surface area contributed by atoms with E-state index in [1.165, 1.54) is 6.07 Å². The highest BCUT2D eigenvalue weighted by atomic mass is 19.1. The van der Waals surface area contributed by atoms with Crippen LogP contribution >= 0.6 is 0 Å². The molecule has 85 valence electrons. The second kappa shape index (κ2) is 5.10. The van der Waals surface area contributed by atoms with Crippen LogP contribution in [0.4, 0.5) is 4.39 Å². The van der Waals surface area contributed by atoms with Gasteiger partial charge in [-0.1, -0.05) is 25.1 Å². The van der Waals surface area contributed by atoms with Gasteiger partial charge >= 0.3 is 0 Å². The number of hydrogen-bond acceptors (Lipinski definition) is 2. The van der Waals surface area contributed by atoms with Crippen LogP contribution in [0.15, 0.2) is 29.3 Å². The summed E-state index contributed by atoms with van der Waals surface area (Å²) in [6.45, 7) is 2.64. The summed E-state index contributed by atoms with van der Waals surface area (Å²) in [7, 11) is 0. The molecule has 0 saturated heterocycles. The predicted octanol–water partition coefficient (Wildman–Crippen LogP) is 3.01. The summed E-state index contributed by atoms with van der Waals surface area (Å²) in [5.41, 5.74) is 0.784. The number of nitrogens with zero attached hydrogens (tertiary/aromatic N) is 1. The van der Waals surface area contributed by atoms with Crippen LogP contribution in [0.1, 0.15) is 31.2 Å². The lowest BCUT2D eigenvalue weighted by Crippen LogP contribution is -2.13. The van der Waals surface area contributed by atoms with Gasteiger partial charge in [-0.25, -0.2) is 9.38 Å². The van der Waals surface area contributed by atoms with Crippen LogP contribution in [0.3, 0.4) is 0 Å². The zero-order valence-corrected chi connectivity index (χ0v) is 9.32. The Morgan fingerprint density at radius 3 is 3.00 bits per heavy atom. The van der Waals surface area contributed by atoms with Gasteiger partial charge in [0, 0.05) is 0 Å². The van der Waals surface area contributed by atoms with E-state index in [2.05, 4.69) is 18.3 Å². The Labute approximate surface area is 95.2 Å². The molecule has 0 bridgehead atoms. The maximum atomic E-state index is 13.6. The quantitative estimate of drug-likeness (QED) is 0.764. The summed E-state index contributed by atoms with van der Waals surface area (Å²) in [5.74, 6) is 0.0830. The van der Waals surface area contributed by atoms with Gasteiger partial charge in [0.1, 0.15) is 12.4 Å². The van der Waals surface area contributed by atoms with Crippen molar-refractivity contribution in [2.45, 2.75) is 31.7 Å². The van der Waals surface area contributed by atoms with Crippen LogP contribution in [0.5, 0.6) is 0 Å². The Kier molecular flexibility index (Phi) is 3.54. The van der Waals surface area contributed by atoms with Crippen molar-refractivity contribution in [3.8, 4) is 0 Å². The molecule has 1 aliphatic rings. The normalized spacial score (nSPS) is 20.8. The lowest BCUT2D eigenvalue weighted by atomic mass is 9.90.